The average Bonchev–Trinajstić information content (AvgIpc) is 2.80. The van der Waals surface area contributed by atoms with Crippen LogP contribution in [0.15, 0.2) is 48.7 Å². The van der Waals surface area contributed by atoms with E-state index in [-0.39, 0.29) is 5.78 Å². The fourth-order valence-electron chi connectivity index (χ4n) is 5.18. The predicted molar refractivity (Wildman–Crippen MR) is 138 cm³/mol. The predicted octanol–water partition coefficient (Wildman–Crippen LogP) is 7.05. The normalized spacial score (nSPS) is 14.3. The number of aryl methyl sites for hydroxylation is 1. The lowest BCUT2D eigenvalue weighted by Crippen LogP contribution is -2.27. The summed E-state index contributed by atoms with van der Waals surface area (Å²) in [5.41, 5.74) is 6.87. The number of Topliss-reactive ketones (excluding diaryl/α,β-unsaturated/α-hetero) is 1. The lowest BCUT2D eigenvalue weighted by Gasteiger charge is -2.31. The Labute approximate surface area is 200 Å². The SMILES string of the molecule is CC(=O)C(OC(C)(C)C)c1c(C)c(C)c2ccccc2c1-c1ccc2c3c(ccnc13)CCO2. The molecule has 5 rings (SSSR count). The summed E-state index contributed by atoms with van der Waals surface area (Å²) >= 11 is 0. The molecule has 34 heavy (non-hydrogen) atoms. The summed E-state index contributed by atoms with van der Waals surface area (Å²) < 4.78 is 12.4. The van der Waals surface area contributed by atoms with Gasteiger partial charge in [0, 0.05) is 23.6 Å². The quantitative estimate of drug-likeness (QED) is 0.332. The highest BCUT2D eigenvalue weighted by molar-refractivity contribution is 6.09. The van der Waals surface area contributed by atoms with E-state index in [1.807, 2.05) is 33.0 Å². The van der Waals surface area contributed by atoms with E-state index in [9.17, 15) is 4.79 Å². The van der Waals surface area contributed by atoms with Crippen molar-refractivity contribution in [3.8, 4) is 16.9 Å². The van der Waals surface area contributed by atoms with Crippen LogP contribution in [0.2, 0.25) is 0 Å². The molecule has 0 saturated carbocycles. The molecule has 4 aromatic rings. The third-order valence-corrected chi connectivity index (χ3v) is 6.78. The minimum atomic E-state index is -0.680. The zero-order valence-electron chi connectivity index (χ0n) is 20.8. The smallest absolute Gasteiger partial charge is 0.163 e. The molecule has 4 heteroatoms. The van der Waals surface area contributed by atoms with Crippen LogP contribution in [0.25, 0.3) is 32.8 Å². The number of pyridine rings is 1. The van der Waals surface area contributed by atoms with E-state index in [1.54, 1.807) is 6.92 Å². The maximum atomic E-state index is 13.1. The molecule has 0 radical (unpaired) electrons. The number of ketones is 1. The number of aromatic nitrogens is 1. The van der Waals surface area contributed by atoms with Crippen molar-refractivity contribution in [2.45, 2.75) is 59.7 Å². The zero-order valence-corrected chi connectivity index (χ0v) is 20.8. The summed E-state index contributed by atoms with van der Waals surface area (Å²) in [6, 6.07) is 14.6. The fraction of sp³-hybridized carbons (Fsp3) is 0.333. The van der Waals surface area contributed by atoms with Gasteiger partial charge in [0.15, 0.2) is 5.78 Å². The summed E-state index contributed by atoms with van der Waals surface area (Å²) in [4.78, 5) is 17.9. The Morgan fingerprint density at radius 3 is 2.47 bits per heavy atom. The third-order valence-electron chi connectivity index (χ3n) is 6.78. The van der Waals surface area contributed by atoms with Crippen LogP contribution in [0.3, 0.4) is 0 Å². The van der Waals surface area contributed by atoms with Crippen molar-refractivity contribution >= 4 is 27.5 Å². The van der Waals surface area contributed by atoms with Crippen LogP contribution in [-0.4, -0.2) is 23.0 Å². The number of ether oxygens (including phenoxy) is 2. The summed E-state index contributed by atoms with van der Waals surface area (Å²) in [5.74, 6) is 0.866. The van der Waals surface area contributed by atoms with E-state index in [1.165, 1.54) is 10.9 Å². The van der Waals surface area contributed by atoms with Gasteiger partial charge in [0.25, 0.3) is 0 Å². The standard InChI is InChI=1S/C30H31NO3/c1-17-18(2)25(29(19(3)32)34-30(4,5)6)27(22-10-8-7-9-21(17)22)23-11-12-24-26-20(14-16-33-24)13-15-31-28(23)26/h7-13,15,29H,14,16H2,1-6H3. The van der Waals surface area contributed by atoms with Crippen LogP contribution in [0, 0.1) is 13.8 Å². The van der Waals surface area contributed by atoms with Gasteiger partial charge in [0.1, 0.15) is 11.9 Å². The number of nitrogens with zero attached hydrogens (tertiary/aromatic N) is 1. The van der Waals surface area contributed by atoms with Crippen molar-refractivity contribution in [1.29, 1.82) is 0 Å². The summed E-state index contributed by atoms with van der Waals surface area (Å²) in [7, 11) is 0. The molecule has 0 spiro atoms. The first kappa shape index (κ1) is 22.5. The second-order valence-electron chi connectivity index (χ2n) is 10.2. The molecule has 1 aliphatic rings. The van der Waals surface area contributed by atoms with E-state index >= 15 is 0 Å². The average molecular weight is 454 g/mol. The van der Waals surface area contributed by atoms with E-state index in [0.29, 0.717) is 6.61 Å². The first-order chi connectivity index (χ1) is 16.2. The lowest BCUT2D eigenvalue weighted by molar-refractivity contribution is -0.138. The highest BCUT2D eigenvalue weighted by Gasteiger charge is 2.31. The van der Waals surface area contributed by atoms with Crippen molar-refractivity contribution in [3.63, 3.8) is 0 Å². The van der Waals surface area contributed by atoms with Gasteiger partial charge in [-0.3, -0.25) is 9.78 Å². The van der Waals surface area contributed by atoms with Crippen LogP contribution >= 0.6 is 0 Å². The number of hydrogen-bond acceptors (Lipinski definition) is 4. The first-order valence-electron chi connectivity index (χ1n) is 11.9. The summed E-state index contributed by atoms with van der Waals surface area (Å²) in [5, 5.41) is 3.34. The Morgan fingerprint density at radius 2 is 1.76 bits per heavy atom. The molecule has 1 aromatic heterocycles. The van der Waals surface area contributed by atoms with Crippen molar-refractivity contribution in [1.82, 2.24) is 4.98 Å². The van der Waals surface area contributed by atoms with Crippen molar-refractivity contribution in [2.75, 3.05) is 6.61 Å². The minimum Gasteiger partial charge on any atom is -0.493 e. The molecular weight excluding hydrogens is 422 g/mol. The third kappa shape index (κ3) is 3.67. The van der Waals surface area contributed by atoms with Gasteiger partial charge in [-0.2, -0.15) is 0 Å². The molecule has 1 unspecified atom stereocenters. The molecule has 1 aliphatic heterocycles. The molecule has 2 heterocycles. The zero-order chi connectivity index (χ0) is 24.2. The number of carbonyl (C=O) groups is 1. The Kier molecular flexibility index (Phi) is 5.44. The second kappa shape index (κ2) is 8.21. The van der Waals surface area contributed by atoms with Gasteiger partial charge in [0.2, 0.25) is 0 Å². The van der Waals surface area contributed by atoms with Crippen LogP contribution < -0.4 is 4.74 Å². The molecule has 3 aromatic carbocycles. The Hall–Kier alpha value is -3.24. The van der Waals surface area contributed by atoms with Crippen LogP contribution in [0.1, 0.15) is 56.1 Å². The number of benzene rings is 3. The molecular formula is C30H31NO3. The van der Waals surface area contributed by atoms with Gasteiger partial charge in [-0.25, -0.2) is 0 Å². The molecule has 0 bridgehead atoms. The number of rotatable bonds is 4. The van der Waals surface area contributed by atoms with E-state index in [0.717, 1.165) is 56.3 Å². The molecule has 4 nitrogen and oxygen atoms in total. The molecule has 174 valence electrons. The molecule has 0 amide bonds. The van der Waals surface area contributed by atoms with Crippen LogP contribution in [0.5, 0.6) is 5.75 Å². The highest BCUT2D eigenvalue weighted by Crippen LogP contribution is 2.46. The molecule has 1 atom stereocenters. The number of carbonyl (C=O) groups excluding carboxylic acids is 1. The summed E-state index contributed by atoms with van der Waals surface area (Å²) in [6.45, 7) is 12.5. The maximum Gasteiger partial charge on any atom is 0.163 e. The van der Waals surface area contributed by atoms with Crippen molar-refractivity contribution in [2.24, 2.45) is 0 Å². The maximum absolute atomic E-state index is 13.1. The topological polar surface area (TPSA) is 48.4 Å². The Morgan fingerprint density at radius 1 is 1.03 bits per heavy atom. The molecule has 0 fully saturated rings. The van der Waals surface area contributed by atoms with Gasteiger partial charge in [-0.05, 0) is 98.3 Å². The van der Waals surface area contributed by atoms with Crippen LogP contribution in [-0.2, 0) is 16.0 Å². The van der Waals surface area contributed by atoms with E-state index in [4.69, 9.17) is 14.5 Å². The van der Waals surface area contributed by atoms with Gasteiger partial charge < -0.3 is 9.47 Å². The van der Waals surface area contributed by atoms with Gasteiger partial charge in [-0.15, -0.1) is 0 Å². The second-order valence-corrected chi connectivity index (χ2v) is 10.2. The largest absolute Gasteiger partial charge is 0.493 e. The van der Waals surface area contributed by atoms with Crippen LogP contribution in [0.4, 0.5) is 0 Å². The lowest BCUT2D eigenvalue weighted by atomic mass is 9.82. The van der Waals surface area contributed by atoms with Gasteiger partial charge >= 0.3 is 0 Å². The van der Waals surface area contributed by atoms with Crippen molar-refractivity contribution in [3.05, 3.63) is 70.9 Å². The first-order valence-corrected chi connectivity index (χ1v) is 11.9. The highest BCUT2D eigenvalue weighted by atomic mass is 16.5. The van der Waals surface area contributed by atoms with E-state index < -0.39 is 11.7 Å². The van der Waals surface area contributed by atoms with E-state index in [2.05, 4.69) is 50.2 Å². The molecule has 0 N–H and O–H groups in total. The summed E-state index contributed by atoms with van der Waals surface area (Å²) in [6.07, 6.45) is 2.06. The molecule has 0 aliphatic carbocycles. The van der Waals surface area contributed by atoms with Gasteiger partial charge in [-0.1, -0.05) is 24.3 Å². The fourth-order valence-corrected chi connectivity index (χ4v) is 5.18. The van der Waals surface area contributed by atoms with Crippen molar-refractivity contribution < 1.29 is 14.3 Å². The molecule has 0 saturated heterocycles. The Bertz CT molecular complexity index is 1440. The Balaban J connectivity index is 1.94. The number of fused-ring (bicyclic) bond motifs is 1. The minimum absolute atomic E-state index is 0.00650. The monoisotopic (exact) mass is 453 g/mol. The number of hydrogen-bond donors (Lipinski definition) is 0. The van der Waals surface area contributed by atoms with Gasteiger partial charge in [0.05, 0.1) is 17.7 Å².